The summed E-state index contributed by atoms with van der Waals surface area (Å²) in [7, 11) is 1.97. The van der Waals surface area contributed by atoms with Crippen molar-refractivity contribution in [1.82, 2.24) is 4.90 Å². The number of carbonyl (C=O) groups is 1. The van der Waals surface area contributed by atoms with Crippen LogP contribution in [0, 0.1) is 0 Å². The first-order chi connectivity index (χ1) is 9.58. The summed E-state index contributed by atoms with van der Waals surface area (Å²) in [6, 6.07) is 9.90. The zero-order chi connectivity index (χ0) is 14.5. The molecule has 0 unspecified atom stereocenters. The van der Waals surface area contributed by atoms with Crippen molar-refractivity contribution in [1.29, 1.82) is 0 Å². The van der Waals surface area contributed by atoms with Crippen molar-refractivity contribution < 1.29 is 4.79 Å². The maximum Gasteiger partial charge on any atom is 0.176 e. The number of rotatable bonds is 6. The van der Waals surface area contributed by atoms with Crippen molar-refractivity contribution in [2.75, 3.05) is 19.8 Å². The van der Waals surface area contributed by atoms with Gasteiger partial charge in [0.05, 0.1) is 10.3 Å². The van der Waals surface area contributed by atoms with Gasteiger partial charge in [-0.15, -0.1) is 23.1 Å². The fourth-order valence-corrected chi connectivity index (χ4v) is 3.52. The average molecular weight is 370 g/mol. The van der Waals surface area contributed by atoms with Crippen LogP contribution < -0.4 is 0 Å². The van der Waals surface area contributed by atoms with E-state index in [-0.39, 0.29) is 5.78 Å². The minimum absolute atomic E-state index is 0.162. The smallest absolute Gasteiger partial charge is 0.176 e. The number of nitrogens with zero attached hydrogens (tertiary/aromatic N) is 1. The molecular formula is C15H16BrNOS2. The molecule has 0 spiro atoms. The Morgan fingerprint density at radius 1 is 1.35 bits per heavy atom. The van der Waals surface area contributed by atoms with Crippen LogP contribution in [0.2, 0.25) is 0 Å². The topological polar surface area (TPSA) is 20.3 Å². The largest absolute Gasteiger partial charge is 0.295 e. The second-order valence-electron chi connectivity index (χ2n) is 4.58. The molecule has 0 atom stereocenters. The van der Waals surface area contributed by atoms with E-state index < -0.39 is 0 Å². The van der Waals surface area contributed by atoms with E-state index in [9.17, 15) is 4.79 Å². The van der Waals surface area contributed by atoms with Crippen LogP contribution >= 0.6 is 39.0 Å². The van der Waals surface area contributed by atoms with Gasteiger partial charge in [0.2, 0.25) is 0 Å². The van der Waals surface area contributed by atoms with Gasteiger partial charge in [0, 0.05) is 17.0 Å². The molecule has 0 bridgehead atoms. The van der Waals surface area contributed by atoms with Crippen molar-refractivity contribution in [3.8, 4) is 0 Å². The number of thiophene rings is 1. The van der Waals surface area contributed by atoms with Gasteiger partial charge < -0.3 is 0 Å². The summed E-state index contributed by atoms with van der Waals surface area (Å²) in [5.74, 6) is 0.162. The predicted octanol–water partition coefficient (Wildman–Crippen LogP) is 4.55. The molecule has 0 N–H and O–H groups in total. The highest BCUT2D eigenvalue weighted by atomic mass is 79.9. The van der Waals surface area contributed by atoms with Crippen LogP contribution in [0.5, 0.6) is 0 Å². The highest BCUT2D eigenvalue weighted by molar-refractivity contribution is 9.11. The lowest BCUT2D eigenvalue weighted by molar-refractivity contribution is 0.0943. The van der Waals surface area contributed by atoms with E-state index in [4.69, 9.17) is 0 Å². The third-order valence-corrected chi connectivity index (χ3v) is 5.20. The van der Waals surface area contributed by atoms with Gasteiger partial charge in [0.25, 0.3) is 0 Å². The van der Waals surface area contributed by atoms with Gasteiger partial charge >= 0.3 is 0 Å². The molecule has 1 heterocycles. The summed E-state index contributed by atoms with van der Waals surface area (Å²) in [5, 5.41) is 2.11. The summed E-state index contributed by atoms with van der Waals surface area (Å²) < 4.78 is 1.12. The summed E-state index contributed by atoms with van der Waals surface area (Å²) in [6.07, 6.45) is 2.03. The van der Waals surface area contributed by atoms with Crippen LogP contribution in [0.25, 0.3) is 0 Å². The molecule has 0 aliphatic carbocycles. The van der Waals surface area contributed by atoms with Crippen LogP contribution in [0.15, 0.2) is 44.4 Å². The first-order valence-electron chi connectivity index (χ1n) is 6.17. The SMILES string of the molecule is CSc1ccc(C(=O)CN(C)Cc2csc(Br)c2)cc1. The summed E-state index contributed by atoms with van der Waals surface area (Å²) >= 11 is 6.80. The molecular weight excluding hydrogens is 354 g/mol. The Balaban J connectivity index is 1.92. The van der Waals surface area contributed by atoms with Gasteiger partial charge in [-0.25, -0.2) is 0 Å². The number of likely N-dealkylation sites (N-methyl/N-ethyl adjacent to an activating group) is 1. The maximum atomic E-state index is 12.2. The Hall–Kier alpha value is -0.620. The Labute approximate surface area is 136 Å². The van der Waals surface area contributed by atoms with Crippen molar-refractivity contribution in [3.63, 3.8) is 0 Å². The molecule has 0 amide bonds. The molecule has 1 aromatic carbocycles. The lowest BCUT2D eigenvalue weighted by Gasteiger charge is -2.14. The molecule has 106 valence electrons. The quantitative estimate of drug-likeness (QED) is 0.550. The van der Waals surface area contributed by atoms with Gasteiger partial charge in [-0.3, -0.25) is 9.69 Å². The van der Waals surface area contributed by atoms with Gasteiger partial charge in [0.1, 0.15) is 0 Å². The normalized spacial score (nSPS) is 11.0. The molecule has 0 radical (unpaired) electrons. The fourth-order valence-electron chi connectivity index (χ4n) is 1.91. The molecule has 0 aliphatic heterocycles. The number of Topliss-reactive ketones (excluding diaryl/α,β-unsaturated/α-hetero) is 1. The highest BCUT2D eigenvalue weighted by Gasteiger charge is 2.10. The minimum atomic E-state index is 0.162. The van der Waals surface area contributed by atoms with Gasteiger partial charge in [-0.05, 0) is 58.4 Å². The first-order valence-corrected chi connectivity index (χ1v) is 9.07. The number of carbonyl (C=O) groups excluding carboxylic acids is 1. The minimum Gasteiger partial charge on any atom is -0.295 e. The molecule has 0 fully saturated rings. The van der Waals surface area contributed by atoms with E-state index in [1.165, 1.54) is 10.5 Å². The molecule has 20 heavy (non-hydrogen) atoms. The van der Waals surface area contributed by atoms with Crippen LogP contribution in [0.3, 0.4) is 0 Å². The van der Waals surface area contributed by atoms with E-state index in [2.05, 4.69) is 27.4 Å². The highest BCUT2D eigenvalue weighted by Crippen LogP contribution is 2.21. The second kappa shape index (κ2) is 7.41. The van der Waals surface area contributed by atoms with Gasteiger partial charge in [-0.2, -0.15) is 0 Å². The maximum absolute atomic E-state index is 12.2. The van der Waals surface area contributed by atoms with Gasteiger partial charge in [0.15, 0.2) is 5.78 Å². The predicted molar refractivity (Wildman–Crippen MR) is 90.9 cm³/mol. The Morgan fingerprint density at radius 3 is 2.60 bits per heavy atom. The molecule has 2 nitrogen and oxygen atoms in total. The van der Waals surface area contributed by atoms with Crippen molar-refractivity contribution in [2.45, 2.75) is 11.4 Å². The molecule has 0 saturated carbocycles. The van der Waals surface area contributed by atoms with E-state index in [1.54, 1.807) is 23.1 Å². The van der Waals surface area contributed by atoms with Crippen LogP contribution in [-0.4, -0.2) is 30.5 Å². The third kappa shape index (κ3) is 4.45. The van der Waals surface area contributed by atoms with Crippen molar-refractivity contribution in [2.24, 2.45) is 0 Å². The molecule has 1 aromatic heterocycles. The number of hydrogen-bond donors (Lipinski definition) is 0. The Bertz CT molecular complexity index is 580. The monoisotopic (exact) mass is 369 g/mol. The molecule has 0 aliphatic rings. The second-order valence-corrected chi connectivity index (χ2v) is 7.75. The summed E-state index contributed by atoms with van der Waals surface area (Å²) in [6.45, 7) is 1.23. The number of ketones is 1. The zero-order valence-electron chi connectivity index (χ0n) is 11.4. The number of benzene rings is 1. The third-order valence-electron chi connectivity index (χ3n) is 2.90. The number of hydrogen-bond acceptors (Lipinski definition) is 4. The standard InChI is InChI=1S/C15H16BrNOS2/c1-17(8-11-7-15(16)20-10-11)9-14(18)12-3-5-13(19-2)6-4-12/h3-7,10H,8-9H2,1-2H3. The van der Waals surface area contributed by atoms with Crippen molar-refractivity contribution >= 4 is 44.8 Å². The molecule has 0 saturated heterocycles. The Morgan fingerprint density at radius 2 is 2.05 bits per heavy atom. The zero-order valence-corrected chi connectivity index (χ0v) is 14.6. The van der Waals surface area contributed by atoms with E-state index in [1.807, 2.05) is 42.5 Å². The fraction of sp³-hybridized carbons (Fsp3) is 0.267. The van der Waals surface area contributed by atoms with E-state index >= 15 is 0 Å². The van der Waals surface area contributed by atoms with Crippen molar-refractivity contribution in [3.05, 3.63) is 50.6 Å². The summed E-state index contributed by atoms with van der Waals surface area (Å²) in [5.41, 5.74) is 2.01. The molecule has 2 aromatic rings. The lowest BCUT2D eigenvalue weighted by Crippen LogP contribution is -2.25. The van der Waals surface area contributed by atoms with E-state index in [0.29, 0.717) is 6.54 Å². The Kier molecular flexibility index (Phi) is 5.84. The average Bonchev–Trinajstić information content (AvgIpc) is 2.84. The number of halogens is 1. The lowest BCUT2D eigenvalue weighted by atomic mass is 10.1. The molecule has 5 heteroatoms. The number of thioether (sulfide) groups is 1. The van der Waals surface area contributed by atoms with Crippen LogP contribution in [0.1, 0.15) is 15.9 Å². The van der Waals surface area contributed by atoms with Crippen LogP contribution in [0.4, 0.5) is 0 Å². The summed E-state index contributed by atoms with van der Waals surface area (Å²) in [4.78, 5) is 15.4. The van der Waals surface area contributed by atoms with Gasteiger partial charge in [-0.1, -0.05) is 12.1 Å². The molecule has 2 rings (SSSR count). The van der Waals surface area contributed by atoms with E-state index in [0.717, 1.165) is 15.9 Å². The first kappa shape index (κ1) is 15.8. The van der Waals surface area contributed by atoms with Crippen LogP contribution in [-0.2, 0) is 6.54 Å².